The van der Waals surface area contributed by atoms with E-state index in [1.807, 2.05) is 6.92 Å². The molecule has 9 nitrogen and oxygen atoms in total. The third-order valence-corrected chi connectivity index (χ3v) is 6.81. The minimum Gasteiger partial charge on any atom is -0.378 e. The van der Waals surface area contributed by atoms with Crippen molar-refractivity contribution >= 4 is 26.6 Å². The number of benzene rings is 2. The number of rotatable bonds is 4. The molecule has 35 heavy (non-hydrogen) atoms. The first-order valence-corrected chi connectivity index (χ1v) is 12.8. The van der Waals surface area contributed by atoms with Crippen molar-refractivity contribution < 1.29 is 22.3 Å². The molecule has 0 bridgehead atoms. The van der Waals surface area contributed by atoms with Crippen molar-refractivity contribution in [3.8, 4) is 17.1 Å². The van der Waals surface area contributed by atoms with E-state index >= 15 is 0 Å². The lowest BCUT2D eigenvalue weighted by Crippen LogP contribution is -2.40. The molecule has 0 N–H and O–H groups in total. The number of carbonyl (C=O) groups is 1. The van der Waals surface area contributed by atoms with Gasteiger partial charge >= 0.3 is 0 Å². The average Bonchev–Trinajstić information content (AvgIpc) is 3.25. The maximum Gasteiger partial charge on any atom is 0.254 e. The van der Waals surface area contributed by atoms with Crippen molar-refractivity contribution in [1.82, 2.24) is 24.6 Å². The summed E-state index contributed by atoms with van der Waals surface area (Å²) < 4.78 is 45.8. The number of morpholine rings is 1. The van der Waals surface area contributed by atoms with Gasteiger partial charge < -0.3 is 9.64 Å². The fourth-order valence-electron chi connectivity index (χ4n) is 4.02. The van der Waals surface area contributed by atoms with Crippen LogP contribution in [0.3, 0.4) is 0 Å². The number of aryl methyl sites for hydroxylation is 1. The fraction of sp³-hybridized carbons (Fsp3) is 0.250. The number of sulfone groups is 1. The SMILES string of the molecule is Cc1ccc(F)c(-c2cnc(-n3nc(S(C)(=O)=O)c4ccc(C(=O)N5CCOCC5)cc43)nc2)c1. The Morgan fingerprint density at radius 2 is 1.77 bits per heavy atom. The number of fused-ring (bicyclic) bond motifs is 1. The van der Waals surface area contributed by atoms with Crippen LogP contribution in [-0.2, 0) is 14.6 Å². The summed E-state index contributed by atoms with van der Waals surface area (Å²) in [6, 6.07) is 9.50. The summed E-state index contributed by atoms with van der Waals surface area (Å²) in [6.07, 6.45) is 3.98. The van der Waals surface area contributed by atoms with Crippen molar-refractivity contribution in [2.45, 2.75) is 11.9 Å². The third kappa shape index (κ3) is 4.40. The van der Waals surface area contributed by atoms with Crippen LogP contribution < -0.4 is 0 Å². The van der Waals surface area contributed by atoms with Crippen molar-refractivity contribution in [3.63, 3.8) is 0 Å². The number of carbonyl (C=O) groups excluding carboxylic acids is 1. The normalized spacial score (nSPS) is 14.4. The third-order valence-electron chi connectivity index (χ3n) is 5.80. The van der Waals surface area contributed by atoms with Crippen molar-refractivity contribution in [2.24, 2.45) is 0 Å². The Hall–Kier alpha value is -3.70. The largest absolute Gasteiger partial charge is 0.378 e. The van der Waals surface area contributed by atoms with E-state index in [1.54, 1.807) is 35.2 Å². The van der Waals surface area contributed by atoms with E-state index in [9.17, 15) is 17.6 Å². The van der Waals surface area contributed by atoms with Gasteiger partial charge in [-0.1, -0.05) is 11.6 Å². The van der Waals surface area contributed by atoms with Crippen LogP contribution in [0, 0.1) is 12.7 Å². The summed E-state index contributed by atoms with van der Waals surface area (Å²) in [4.78, 5) is 23.3. The molecule has 1 saturated heterocycles. The number of hydrogen-bond acceptors (Lipinski definition) is 7. The second-order valence-electron chi connectivity index (χ2n) is 8.38. The first-order valence-electron chi connectivity index (χ1n) is 10.9. The van der Waals surface area contributed by atoms with Crippen LogP contribution in [0.1, 0.15) is 15.9 Å². The van der Waals surface area contributed by atoms with E-state index < -0.39 is 15.7 Å². The molecule has 1 fully saturated rings. The Balaban J connectivity index is 1.60. The zero-order valence-corrected chi connectivity index (χ0v) is 19.9. The minimum atomic E-state index is -3.68. The van der Waals surface area contributed by atoms with Crippen LogP contribution in [-0.4, -0.2) is 71.5 Å². The van der Waals surface area contributed by atoms with Crippen LogP contribution >= 0.6 is 0 Å². The lowest BCUT2D eigenvalue weighted by Gasteiger charge is -2.26. The number of ether oxygens (including phenoxy) is 1. The van der Waals surface area contributed by atoms with E-state index in [-0.39, 0.29) is 16.9 Å². The molecule has 2 aromatic heterocycles. The molecule has 1 amide bonds. The lowest BCUT2D eigenvalue weighted by molar-refractivity contribution is 0.0303. The molecule has 2 aromatic carbocycles. The van der Waals surface area contributed by atoms with Crippen LogP contribution in [0.15, 0.2) is 53.8 Å². The van der Waals surface area contributed by atoms with E-state index in [4.69, 9.17) is 4.74 Å². The topological polar surface area (TPSA) is 107 Å². The van der Waals surface area contributed by atoms with Crippen molar-refractivity contribution in [3.05, 3.63) is 65.7 Å². The molecule has 3 heterocycles. The van der Waals surface area contributed by atoms with Crippen LogP contribution in [0.5, 0.6) is 0 Å². The first kappa shape index (κ1) is 23.1. The Morgan fingerprint density at radius 3 is 2.46 bits per heavy atom. The van der Waals surface area contributed by atoms with E-state index in [0.717, 1.165) is 11.8 Å². The Morgan fingerprint density at radius 1 is 1.06 bits per heavy atom. The van der Waals surface area contributed by atoms with E-state index in [0.29, 0.717) is 53.9 Å². The monoisotopic (exact) mass is 495 g/mol. The molecular weight excluding hydrogens is 473 g/mol. The second kappa shape index (κ2) is 8.82. The maximum absolute atomic E-state index is 14.3. The lowest BCUT2D eigenvalue weighted by atomic mass is 10.1. The van der Waals surface area contributed by atoms with E-state index in [2.05, 4.69) is 15.1 Å². The molecule has 0 aliphatic carbocycles. The van der Waals surface area contributed by atoms with Crippen molar-refractivity contribution in [2.75, 3.05) is 32.6 Å². The molecule has 11 heteroatoms. The molecule has 1 aliphatic heterocycles. The zero-order valence-electron chi connectivity index (χ0n) is 19.1. The van der Waals surface area contributed by atoms with Gasteiger partial charge in [0.25, 0.3) is 11.9 Å². The summed E-state index contributed by atoms with van der Waals surface area (Å²) in [5, 5.41) is 4.47. The molecular formula is C24H22FN5O4S. The first-order chi connectivity index (χ1) is 16.7. The summed E-state index contributed by atoms with van der Waals surface area (Å²) in [7, 11) is -3.68. The average molecular weight is 496 g/mol. The minimum absolute atomic E-state index is 0.0951. The fourth-order valence-corrected chi connectivity index (χ4v) is 4.83. The standard InChI is InChI=1S/C24H22FN5O4S/c1-15-3-6-20(25)19(11-15)17-13-26-24(27-14-17)30-21-12-16(23(31)29-7-9-34-10-8-29)4-5-18(21)22(28-30)35(2,32)33/h3-6,11-14H,7-10H2,1-2H3. The van der Waals surface area contributed by atoms with E-state index in [1.165, 1.54) is 23.1 Å². The highest BCUT2D eigenvalue weighted by molar-refractivity contribution is 7.90. The van der Waals surface area contributed by atoms with Gasteiger partial charge in [-0.25, -0.2) is 22.8 Å². The Labute approximate surface area is 201 Å². The van der Waals surface area contributed by atoms with Gasteiger partial charge in [0.1, 0.15) is 5.82 Å². The number of nitrogens with zero attached hydrogens (tertiary/aromatic N) is 5. The van der Waals surface area contributed by atoms with Gasteiger partial charge in [0.15, 0.2) is 14.9 Å². The maximum atomic E-state index is 14.3. The van der Waals surface area contributed by atoms with Gasteiger partial charge in [-0.15, -0.1) is 0 Å². The highest BCUT2D eigenvalue weighted by atomic mass is 32.2. The van der Waals surface area contributed by atoms with Crippen molar-refractivity contribution in [1.29, 1.82) is 0 Å². The summed E-state index contributed by atoms with van der Waals surface area (Å²) in [5.74, 6) is -0.491. The molecule has 0 unspecified atom stereocenters. The zero-order chi connectivity index (χ0) is 24.7. The van der Waals surface area contributed by atoms with Gasteiger partial charge in [0.2, 0.25) is 0 Å². The van der Waals surface area contributed by atoms with Crippen LogP contribution in [0.2, 0.25) is 0 Å². The summed E-state index contributed by atoms with van der Waals surface area (Å²) >= 11 is 0. The molecule has 5 rings (SSSR count). The van der Waals surface area contributed by atoms with Gasteiger partial charge in [-0.05, 0) is 37.3 Å². The van der Waals surface area contributed by atoms with Crippen LogP contribution in [0.25, 0.3) is 28.0 Å². The molecule has 1 aliphatic rings. The second-order valence-corrected chi connectivity index (χ2v) is 10.3. The quantitative estimate of drug-likeness (QED) is 0.428. The van der Waals surface area contributed by atoms with Crippen LogP contribution in [0.4, 0.5) is 4.39 Å². The molecule has 0 atom stereocenters. The number of hydrogen-bond donors (Lipinski definition) is 0. The van der Waals surface area contributed by atoms with Gasteiger partial charge in [0.05, 0.1) is 18.7 Å². The number of amides is 1. The Kier molecular flexibility index (Phi) is 5.81. The number of halogens is 1. The smallest absolute Gasteiger partial charge is 0.254 e. The highest BCUT2D eigenvalue weighted by Crippen LogP contribution is 2.27. The van der Waals surface area contributed by atoms with Gasteiger partial charge in [-0.2, -0.15) is 9.78 Å². The number of aromatic nitrogens is 4. The molecule has 4 aromatic rings. The Bertz CT molecular complexity index is 1540. The van der Waals surface area contributed by atoms with Gasteiger partial charge in [0, 0.05) is 53.8 Å². The predicted octanol–water partition coefficient (Wildman–Crippen LogP) is 2.81. The summed E-state index contributed by atoms with van der Waals surface area (Å²) in [6.45, 7) is 3.74. The highest BCUT2D eigenvalue weighted by Gasteiger charge is 2.24. The van der Waals surface area contributed by atoms with Gasteiger partial charge in [-0.3, -0.25) is 4.79 Å². The molecule has 0 radical (unpaired) electrons. The molecule has 0 saturated carbocycles. The predicted molar refractivity (Wildman–Crippen MR) is 127 cm³/mol. The summed E-state index contributed by atoms with van der Waals surface area (Å²) in [5.41, 5.74) is 2.48. The molecule has 0 spiro atoms. The molecule has 180 valence electrons.